The molecule has 0 spiro atoms. The number of likely N-dealkylation sites (N-methyl/N-ethyl adjacent to an activating group) is 2. The van der Waals surface area contributed by atoms with Crippen LogP contribution in [0.25, 0.3) is 0 Å². The summed E-state index contributed by atoms with van der Waals surface area (Å²) in [5.74, 6) is 0.0339. The van der Waals surface area contributed by atoms with Gasteiger partial charge in [-0.25, -0.2) is 4.98 Å². The summed E-state index contributed by atoms with van der Waals surface area (Å²) in [6, 6.07) is 9.00. The van der Waals surface area contributed by atoms with E-state index in [-0.39, 0.29) is 71.9 Å². The molecule has 10 nitrogen and oxygen atoms in total. The lowest BCUT2D eigenvalue weighted by atomic mass is 9.84. The van der Waals surface area contributed by atoms with Gasteiger partial charge < -0.3 is 29.9 Å². The molecule has 292 valence electrons. The Hall–Kier alpha value is -2.86. The van der Waals surface area contributed by atoms with Gasteiger partial charge in [0.2, 0.25) is 17.7 Å². The summed E-state index contributed by atoms with van der Waals surface area (Å²) in [6.07, 6.45) is 5.73. The zero-order valence-electron chi connectivity index (χ0n) is 33.6. The number of benzene rings is 1. The second-order valence-corrected chi connectivity index (χ2v) is 16.4. The lowest BCUT2D eigenvalue weighted by molar-refractivity contribution is -0.147. The Kier molecular flexibility index (Phi) is 17.7. The van der Waals surface area contributed by atoms with E-state index in [4.69, 9.17) is 14.5 Å². The van der Waals surface area contributed by atoms with Crippen LogP contribution in [-0.4, -0.2) is 104 Å². The number of methoxy groups -OCH3 is 2. The fraction of sp³-hybridized carbons (Fsp3) is 0.707. The maximum absolute atomic E-state index is 14.3. The molecule has 2 heterocycles. The molecule has 1 unspecified atom stereocenters. The Morgan fingerprint density at radius 1 is 1.00 bits per heavy atom. The molecule has 11 heteroatoms. The predicted octanol–water partition coefficient (Wildman–Crippen LogP) is 6.16. The SMILES string of the molecule is CC[C@H](C)[C@@H]([C@@H](CC(=O)N1CCC[C@H]1[C@H](OC)[C@@H](C)CC(Cc1ccccc1)c1nccs1)OC)N(C)C(=O)[C@@H](NC(=O)[C@@H](NC)C(C)C)C(C)C. The molecule has 2 aromatic rings. The summed E-state index contributed by atoms with van der Waals surface area (Å²) in [5, 5.41) is 9.27. The average Bonchev–Trinajstić information content (AvgIpc) is 3.84. The Balaban J connectivity index is 1.79. The summed E-state index contributed by atoms with van der Waals surface area (Å²) in [7, 11) is 6.93. The van der Waals surface area contributed by atoms with Crippen LogP contribution in [0.4, 0.5) is 0 Å². The third-order valence-electron chi connectivity index (χ3n) is 11.2. The van der Waals surface area contributed by atoms with Gasteiger partial charge in [0.15, 0.2) is 0 Å². The minimum atomic E-state index is -0.714. The molecule has 2 N–H and O–H groups in total. The van der Waals surface area contributed by atoms with Crippen LogP contribution in [0, 0.1) is 23.7 Å². The number of thiazole rings is 1. The van der Waals surface area contributed by atoms with Gasteiger partial charge >= 0.3 is 0 Å². The van der Waals surface area contributed by atoms with Crippen LogP contribution in [0.15, 0.2) is 41.9 Å². The van der Waals surface area contributed by atoms with E-state index in [1.807, 2.05) is 50.2 Å². The van der Waals surface area contributed by atoms with Crippen molar-refractivity contribution >= 4 is 29.1 Å². The van der Waals surface area contributed by atoms with Crippen molar-refractivity contribution in [3.63, 3.8) is 0 Å². The van der Waals surface area contributed by atoms with E-state index in [0.29, 0.717) is 6.54 Å². The fourth-order valence-electron chi connectivity index (χ4n) is 8.16. The summed E-state index contributed by atoms with van der Waals surface area (Å²) in [4.78, 5) is 50.1. The maximum atomic E-state index is 14.3. The minimum absolute atomic E-state index is 0.0148. The smallest absolute Gasteiger partial charge is 0.245 e. The highest BCUT2D eigenvalue weighted by molar-refractivity contribution is 7.09. The first-order chi connectivity index (χ1) is 24.8. The molecule has 1 fully saturated rings. The Morgan fingerprint density at radius 2 is 1.67 bits per heavy atom. The number of aromatic nitrogens is 1. The molecule has 52 heavy (non-hydrogen) atoms. The molecule has 0 radical (unpaired) electrons. The molecule has 1 saturated heterocycles. The maximum Gasteiger partial charge on any atom is 0.245 e. The third kappa shape index (κ3) is 11.3. The largest absolute Gasteiger partial charge is 0.379 e. The Bertz CT molecular complexity index is 1360. The van der Waals surface area contributed by atoms with Gasteiger partial charge in [0.1, 0.15) is 6.04 Å². The van der Waals surface area contributed by atoms with E-state index >= 15 is 0 Å². The van der Waals surface area contributed by atoms with E-state index < -0.39 is 18.2 Å². The average molecular weight is 742 g/mol. The van der Waals surface area contributed by atoms with Crippen molar-refractivity contribution in [2.75, 3.05) is 34.9 Å². The fourth-order valence-corrected chi connectivity index (χ4v) is 8.92. The number of rotatable bonds is 21. The van der Waals surface area contributed by atoms with Gasteiger partial charge in [-0.2, -0.15) is 0 Å². The van der Waals surface area contributed by atoms with Crippen LogP contribution in [0.2, 0.25) is 0 Å². The number of ether oxygens (including phenoxy) is 2. The summed E-state index contributed by atoms with van der Waals surface area (Å²) >= 11 is 1.70. The van der Waals surface area contributed by atoms with Crippen molar-refractivity contribution in [1.82, 2.24) is 25.4 Å². The first-order valence-corrected chi connectivity index (χ1v) is 20.2. The van der Waals surface area contributed by atoms with E-state index in [1.165, 1.54) is 5.56 Å². The number of hydrogen-bond donors (Lipinski definition) is 2. The lowest BCUT2D eigenvalue weighted by Gasteiger charge is -2.41. The molecule has 0 aliphatic carbocycles. The summed E-state index contributed by atoms with van der Waals surface area (Å²) in [6.45, 7) is 14.9. The molecule has 3 amide bonds. The van der Waals surface area contributed by atoms with Crippen molar-refractivity contribution in [3.05, 3.63) is 52.5 Å². The minimum Gasteiger partial charge on any atom is -0.379 e. The van der Waals surface area contributed by atoms with Gasteiger partial charge in [0.05, 0.1) is 41.8 Å². The third-order valence-corrected chi connectivity index (χ3v) is 12.1. The highest BCUT2D eigenvalue weighted by Crippen LogP contribution is 2.35. The van der Waals surface area contributed by atoms with Crippen molar-refractivity contribution in [3.8, 4) is 0 Å². The van der Waals surface area contributed by atoms with E-state index in [1.54, 1.807) is 44.6 Å². The van der Waals surface area contributed by atoms with Crippen molar-refractivity contribution < 1.29 is 23.9 Å². The van der Waals surface area contributed by atoms with Gasteiger partial charge in [0.25, 0.3) is 0 Å². The standard InChI is InChI=1S/C41H67N5O5S/c1-12-28(6)37(45(9)41(49)36(27(4)5)44-39(48)35(42-8)26(2)3)33(50-10)25-34(47)46-21-16-19-32(46)38(51-11)29(7)23-31(40-43-20-22-52-40)24-30-17-14-13-15-18-30/h13-15,17-18,20,22,26-29,31-33,35-38,42H,12,16,19,21,23-25H2,1-11H3,(H,44,48)/t28-,29-,31?,32-,33+,35-,36-,37-,38+/m0/s1. The molecule has 1 aliphatic rings. The Labute approximate surface area is 317 Å². The van der Waals surface area contributed by atoms with Gasteiger partial charge in [-0.05, 0) is 62.0 Å². The number of hydrogen-bond acceptors (Lipinski definition) is 8. The van der Waals surface area contributed by atoms with Crippen LogP contribution >= 0.6 is 11.3 Å². The molecular formula is C41H67N5O5S. The van der Waals surface area contributed by atoms with Crippen LogP contribution in [-0.2, 0) is 30.3 Å². The number of amides is 3. The number of carbonyl (C=O) groups is 3. The predicted molar refractivity (Wildman–Crippen MR) is 210 cm³/mol. The van der Waals surface area contributed by atoms with Gasteiger partial charge in [0, 0.05) is 45.3 Å². The van der Waals surface area contributed by atoms with E-state index in [0.717, 1.165) is 37.1 Å². The van der Waals surface area contributed by atoms with Crippen molar-refractivity contribution in [1.29, 1.82) is 0 Å². The molecule has 1 aromatic heterocycles. The highest BCUT2D eigenvalue weighted by atomic mass is 32.1. The first-order valence-electron chi connectivity index (χ1n) is 19.3. The zero-order valence-corrected chi connectivity index (χ0v) is 34.4. The van der Waals surface area contributed by atoms with Crippen LogP contribution < -0.4 is 10.6 Å². The van der Waals surface area contributed by atoms with Crippen LogP contribution in [0.1, 0.15) is 97.1 Å². The molecule has 0 saturated carbocycles. The molecule has 3 rings (SSSR count). The molecule has 1 aromatic carbocycles. The summed E-state index contributed by atoms with van der Waals surface area (Å²) in [5.41, 5.74) is 1.28. The summed E-state index contributed by atoms with van der Waals surface area (Å²) < 4.78 is 12.3. The molecule has 9 atom stereocenters. The number of carbonyl (C=O) groups excluding carboxylic acids is 3. The lowest BCUT2D eigenvalue weighted by Crippen LogP contribution is -2.59. The molecule has 0 bridgehead atoms. The van der Waals surface area contributed by atoms with E-state index in [2.05, 4.69) is 55.7 Å². The second kappa shape index (κ2) is 21.1. The number of nitrogens with zero attached hydrogens (tertiary/aromatic N) is 3. The topological polar surface area (TPSA) is 113 Å². The number of likely N-dealkylation sites (tertiary alicyclic amines) is 1. The van der Waals surface area contributed by atoms with Crippen LogP contribution in [0.5, 0.6) is 0 Å². The van der Waals surface area contributed by atoms with Gasteiger partial charge in [-0.3, -0.25) is 14.4 Å². The van der Waals surface area contributed by atoms with Crippen molar-refractivity contribution in [2.24, 2.45) is 23.7 Å². The molecular weight excluding hydrogens is 675 g/mol. The highest BCUT2D eigenvalue weighted by Gasteiger charge is 2.42. The van der Waals surface area contributed by atoms with Crippen molar-refractivity contribution in [2.45, 2.75) is 129 Å². The van der Waals surface area contributed by atoms with Crippen LogP contribution in [0.3, 0.4) is 0 Å². The quantitative estimate of drug-likeness (QED) is 0.158. The monoisotopic (exact) mass is 741 g/mol. The first kappa shape index (κ1) is 43.5. The Morgan fingerprint density at radius 3 is 2.21 bits per heavy atom. The van der Waals surface area contributed by atoms with Gasteiger partial charge in [-0.15, -0.1) is 11.3 Å². The molecule has 1 aliphatic heterocycles. The van der Waals surface area contributed by atoms with E-state index in [9.17, 15) is 14.4 Å². The normalized spacial score (nSPS) is 19.5. The van der Waals surface area contributed by atoms with Gasteiger partial charge in [-0.1, -0.05) is 85.2 Å². The zero-order chi connectivity index (χ0) is 38.5. The second-order valence-electron chi connectivity index (χ2n) is 15.5. The number of nitrogens with one attached hydrogen (secondary N) is 2.